The Hall–Kier alpha value is -3.64. The van der Waals surface area contributed by atoms with Gasteiger partial charge in [-0.2, -0.15) is 9.30 Å². The highest BCUT2D eigenvalue weighted by atomic mass is 32.2. The second kappa shape index (κ2) is 12.5. The Labute approximate surface area is 242 Å². The first kappa shape index (κ1) is 28.9. The number of sulfonamides is 1. The Kier molecular flexibility index (Phi) is 8.79. The molecule has 214 valence electrons. The van der Waals surface area contributed by atoms with E-state index >= 15 is 0 Å². The molecule has 41 heavy (non-hydrogen) atoms. The fourth-order valence-corrected chi connectivity index (χ4v) is 7.27. The van der Waals surface area contributed by atoms with Crippen molar-refractivity contribution in [1.29, 1.82) is 0 Å². The van der Waals surface area contributed by atoms with Crippen molar-refractivity contribution in [3.63, 3.8) is 0 Å². The van der Waals surface area contributed by atoms with Crippen LogP contribution in [0.3, 0.4) is 0 Å². The number of hydrogen-bond acceptors (Lipinski definition) is 7. The Balaban J connectivity index is 1.42. The maximum Gasteiger partial charge on any atom is 0.338 e. The second-order valence-corrected chi connectivity index (χ2v) is 12.4. The molecule has 1 amide bonds. The number of fused-ring (bicyclic) bond motifs is 2. The van der Waals surface area contributed by atoms with Crippen molar-refractivity contribution < 1.29 is 27.5 Å². The van der Waals surface area contributed by atoms with Crippen LogP contribution in [0.4, 0.5) is 0 Å². The van der Waals surface area contributed by atoms with Crippen LogP contribution in [0, 0.1) is 0 Å². The van der Waals surface area contributed by atoms with Crippen LogP contribution in [0.25, 0.3) is 10.2 Å². The van der Waals surface area contributed by atoms with Crippen LogP contribution in [0.15, 0.2) is 76.6 Å². The van der Waals surface area contributed by atoms with Crippen LogP contribution in [-0.4, -0.2) is 55.5 Å². The number of rotatable bonds is 9. The molecule has 0 saturated carbocycles. The molecule has 1 aliphatic rings. The lowest BCUT2D eigenvalue weighted by Crippen LogP contribution is -2.35. The predicted molar refractivity (Wildman–Crippen MR) is 156 cm³/mol. The Morgan fingerprint density at radius 3 is 2.41 bits per heavy atom. The summed E-state index contributed by atoms with van der Waals surface area (Å²) in [4.78, 5) is 30.4. The lowest BCUT2D eigenvalue weighted by molar-refractivity contribution is 0.0526. The van der Waals surface area contributed by atoms with Crippen molar-refractivity contribution in [2.24, 2.45) is 4.99 Å². The van der Waals surface area contributed by atoms with Crippen LogP contribution in [0.1, 0.15) is 45.7 Å². The molecule has 0 aliphatic carbocycles. The van der Waals surface area contributed by atoms with Crippen LogP contribution < -0.4 is 4.80 Å². The van der Waals surface area contributed by atoms with E-state index in [1.807, 2.05) is 41.8 Å². The zero-order valence-corrected chi connectivity index (χ0v) is 24.5. The van der Waals surface area contributed by atoms with Crippen LogP contribution in [0.2, 0.25) is 0 Å². The fraction of sp³-hybridized carbons (Fsp3) is 0.300. The fourth-order valence-electron chi connectivity index (χ4n) is 4.76. The molecule has 0 saturated heterocycles. The number of thiazole rings is 1. The molecule has 4 aromatic rings. The maximum absolute atomic E-state index is 13.3. The van der Waals surface area contributed by atoms with E-state index in [2.05, 4.69) is 4.99 Å². The molecule has 11 heteroatoms. The van der Waals surface area contributed by atoms with Gasteiger partial charge in [-0.15, -0.1) is 0 Å². The van der Waals surface area contributed by atoms with Gasteiger partial charge in [0.2, 0.25) is 10.0 Å². The monoisotopic (exact) mass is 593 g/mol. The van der Waals surface area contributed by atoms with E-state index in [9.17, 15) is 18.0 Å². The Bertz CT molecular complexity index is 1760. The molecule has 0 spiro atoms. The highest BCUT2D eigenvalue weighted by Gasteiger charge is 2.28. The van der Waals surface area contributed by atoms with Gasteiger partial charge in [0.05, 0.1) is 33.9 Å². The summed E-state index contributed by atoms with van der Waals surface area (Å²) in [5.41, 5.74) is 3.68. The molecule has 0 fully saturated rings. The number of carbonyl (C=O) groups excluding carboxylic acids is 2. The molecule has 0 unspecified atom stereocenters. The van der Waals surface area contributed by atoms with E-state index in [1.54, 1.807) is 19.1 Å². The summed E-state index contributed by atoms with van der Waals surface area (Å²) in [5.74, 6) is -0.912. The van der Waals surface area contributed by atoms with Crippen molar-refractivity contribution in [3.05, 3.63) is 93.8 Å². The normalized spacial score (nSPS) is 14.2. The zero-order valence-electron chi connectivity index (χ0n) is 22.9. The molecule has 1 aromatic heterocycles. The summed E-state index contributed by atoms with van der Waals surface area (Å²) < 4.78 is 41.4. The third-order valence-electron chi connectivity index (χ3n) is 6.89. The lowest BCUT2D eigenvalue weighted by atomic mass is 10.0. The number of benzene rings is 3. The number of ether oxygens (including phenoxy) is 2. The Morgan fingerprint density at radius 2 is 1.68 bits per heavy atom. The first-order chi connectivity index (χ1) is 19.8. The van der Waals surface area contributed by atoms with E-state index in [0.717, 1.165) is 15.8 Å². The minimum atomic E-state index is -3.72. The predicted octanol–water partition coefficient (Wildman–Crippen LogP) is 4.40. The standard InChI is InChI=1S/C30H31N3O6S2/c1-3-38-18-17-33-26-14-11-23(29(35)39-4-2)19-27(26)40-30(33)31-28(34)22-9-12-25(13-10-22)41(36,37)32-16-15-21-7-5-6-8-24(21)20-32/h5-14,19H,3-4,15-18,20H2,1-2H3. The maximum atomic E-state index is 13.3. The smallest absolute Gasteiger partial charge is 0.338 e. The van der Waals surface area contributed by atoms with Gasteiger partial charge >= 0.3 is 5.97 Å². The van der Waals surface area contributed by atoms with E-state index in [0.29, 0.717) is 49.6 Å². The second-order valence-electron chi connectivity index (χ2n) is 9.43. The van der Waals surface area contributed by atoms with Crippen LogP contribution in [0.5, 0.6) is 0 Å². The van der Waals surface area contributed by atoms with Crippen molar-refractivity contribution in [2.45, 2.75) is 38.3 Å². The van der Waals surface area contributed by atoms with Gasteiger partial charge in [-0.3, -0.25) is 4.79 Å². The van der Waals surface area contributed by atoms with E-state index in [1.165, 1.54) is 45.5 Å². The average Bonchev–Trinajstić information content (AvgIpc) is 3.33. The van der Waals surface area contributed by atoms with Gasteiger partial charge in [0.1, 0.15) is 0 Å². The highest BCUT2D eigenvalue weighted by Crippen LogP contribution is 2.25. The topological polar surface area (TPSA) is 107 Å². The molecule has 9 nitrogen and oxygen atoms in total. The third kappa shape index (κ3) is 6.18. The molecule has 2 heterocycles. The highest BCUT2D eigenvalue weighted by molar-refractivity contribution is 7.89. The largest absolute Gasteiger partial charge is 0.462 e. The van der Waals surface area contributed by atoms with E-state index < -0.39 is 21.9 Å². The van der Waals surface area contributed by atoms with Gasteiger partial charge in [-0.1, -0.05) is 35.6 Å². The van der Waals surface area contributed by atoms with Crippen molar-refractivity contribution in [3.8, 4) is 0 Å². The zero-order chi connectivity index (χ0) is 29.0. The number of carbonyl (C=O) groups is 2. The van der Waals surface area contributed by atoms with Gasteiger partial charge in [-0.25, -0.2) is 13.2 Å². The minimum absolute atomic E-state index is 0.133. The quantitative estimate of drug-likeness (QED) is 0.210. The van der Waals surface area contributed by atoms with Gasteiger partial charge in [-0.05, 0) is 73.9 Å². The summed E-state index contributed by atoms with van der Waals surface area (Å²) in [7, 11) is -3.72. The van der Waals surface area contributed by atoms with Crippen molar-refractivity contribution in [2.75, 3.05) is 26.4 Å². The summed E-state index contributed by atoms with van der Waals surface area (Å²) in [6.07, 6.45) is 0.657. The first-order valence-corrected chi connectivity index (χ1v) is 15.7. The number of aromatic nitrogens is 1. The molecular weight excluding hydrogens is 562 g/mol. The summed E-state index contributed by atoms with van der Waals surface area (Å²) >= 11 is 1.28. The van der Waals surface area contributed by atoms with Gasteiger partial charge in [0, 0.05) is 31.8 Å². The summed E-state index contributed by atoms with van der Waals surface area (Å²) in [6.45, 7) is 6.11. The molecule has 5 rings (SSSR count). The molecule has 0 bridgehead atoms. The van der Waals surface area contributed by atoms with Crippen LogP contribution in [-0.2, 0) is 39.0 Å². The molecule has 3 aromatic carbocycles. The molecule has 0 N–H and O–H groups in total. The van der Waals surface area contributed by atoms with Gasteiger partial charge < -0.3 is 14.0 Å². The molecule has 1 aliphatic heterocycles. The van der Waals surface area contributed by atoms with Crippen LogP contribution >= 0.6 is 11.3 Å². The number of nitrogens with zero attached hydrogens (tertiary/aromatic N) is 3. The summed E-state index contributed by atoms with van der Waals surface area (Å²) in [6, 6.07) is 19.0. The lowest BCUT2D eigenvalue weighted by Gasteiger charge is -2.28. The molecule has 0 radical (unpaired) electrons. The SMILES string of the molecule is CCOCCn1c(=NC(=O)c2ccc(S(=O)(=O)N3CCc4ccccc4C3)cc2)sc2cc(C(=O)OCC)ccc21. The number of hydrogen-bond donors (Lipinski definition) is 0. The third-order valence-corrected chi connectivity index (χ3v) is 9.79. The van der Waals surface area contributed by atoms with Crippen molar-refractivity contribution in [1.82, 2.24) is 8.87 Å². The number of amides is 1. The number of esters is 1. The molecular formula is C30H31N3O6S2. The Morgan fingerprint density at radius 1 is 0.951 bits per heavy atom. The summed E-state index contributed by atoms with van der Waals surface area (Å²) in [5, 5.41) is 0. The molecule has 0 atom stereocenters. The van der Waals surface area contributed by atoms with E-state index in [4.69, 9.17) is 9.47 Å². The van der Waals surface area contributed by atoms with Gasteiger partial charge in [0.15, 0.2) is 4.80 Å². The minimum Gasteiger partial charge on any atom is -0.462 e. The van der Waals surface area contributed by atoms with Crippen molar-refractivity contribution >= 4 is 43.5 Å². The van der Waals surface area contributed by atoms with E-state index in [-0.39, 0.29) is 17.1 Å². The average molecular weight is 594 g/mol. The first-order valence-electron chi connectivity index (χ1n) is 13.5. The van der Waals surface area contributed by atoms with Gasteiger partial charge in [0.25, 0.3) is 5.91 Å².